The van der Waals surface area contributed by atoms with E-state index >= 15 is 0 Å². The lowest BCUT2D eigenvalue weighted by Gasteiger charge is -2.29. The Bertz CT molecular complexity index is 721. The molecule has 0 N–H and O–H groups in total. The van der Waals surface area contributed by atoms with Gasteiger partial charge in [0.05, 0.1) is 7.11 Å². The minimum absolute atomic E-state index is 0.0663. The second kappa shape index (κ2) is 5.84. The van der Waals surface area contributed by atoms with Crippen molar-refractivity contribution in [2.75, 3.05) is 7.11 Å². The summed E-state index contributed by atoms with van der Waals surface area (Å²) in [5.41, 5.74) is 4.86. The van der Waals surface area contributed by atoms with Crippen LogP contribution in [0.25, 0.3) is 11.1 Å². The predicted octanol–water partition coefficient (Wildman–Crippen LogP) is 5.53. The molecule has 1 heteroatoms. The van der Waals surface area contributed by atoms with Crippen LogP contribution in [0.4, 0.5) is 0 Å². The number of benzene rings is 2. The summed E-state index contributed by atoms with van der Waals surface area (Å²) in [4.78, 5) is 0. The highest BCUT2D eigenvalue weighted by molar-refractivity contribution is 5.73. The smallest absolute Gasteiger partial charge is 0.130 e. The zero-order valence-electron chi connectivity index (χ0n) is 13.5. The molecule has 0 spiro atoms. The number of hydrogen-bond acceptors (Lipinski definition) is 1. The first-order valence-corrected chi connectivity index (χ1v) is 7.74. The van der Waals surface area contributed by atoms with Crippen LogP contribution in [0.5, 0.6) is 5.75 Å². The summed E-state index contributed by atoms with van der Waals surface area (Å²) in [6.07, 6.45) is 7.77. The average molecular weight is 290 g/mol. The van der Waals surface area contributed by atoms with E-state index in [1.54, 1.807) is 7.11 Å². The molecular weight excluding hydrogens is 268 g/mol. The molecule has 1 aliphatic rings. The Kier molecular flexibility index (Phi) is 3.89. The summed E-state index contributed by atoms with van der Waals surface area (Å²) >= 11 is 0. The third-order valence-corrected chi connectivity index (χ3v) is 4.47. The highest BCUT2D eigenvalue weighted by atomic mass is 16.5. The molecule has 0 unspecified atom stereocenters. The van der Waals surface area contributed by atoms with Crippen molar-refractivity contribution in [3.63, 3.8) is 0 Å². The molecule has 0 fully saturated rings. The second-order valence-corrected chi connectivity index (χ2v) is 6.17. The number of ether oxygens (including phenoxy) is 1. The molecule has 0 radical (unpaired) electrons. The molecule has 22 heavy (non-hydrogen) atoms. The molecule has 0 saturated heterocycles. The van der Waals surface area contributed by atoms with Gasteiger partial charge in [0.2, 0.25) is 0 Å². The molecule has 0 heterocycles. The molecule has 3 rings (SSSR count). The summed E-state index contributed by atoms with van der Waals surface area (Å²) in [5.74, 6) is 0.972. The van der Waals surface area contributed by atoms with E-state index in [0.717, 1.165) is 17.7 Å². The van der Waals surface area contributed by atoms with Crippen molar-refractivity contribution in [3.05, 3.63) is 77.9 Å². The van der Waals surface area contributed by atoms with E-state index in [1.807, 2.05) is 6.07 Å². The molecule has 1 nitrogen and oxygen atoms in total. The first kappa shape index (κ1) is 14.6. The van der Waals surface area contributed by atoms with Crippen LogP contribution in [0.3, 0.4) is 0 Å². The van der Waals surface area contributed by atoms with Crippen LogP contribution >= 0.6 is 0 Å². The summed E-state index contributed by atoms with van der Waals surface area (Å²) in [6.45, 7) is 4.53. The van der Waals surface area contributed by atoms with Crippen LogP contribution in [0.2, 0.25) is 0 Å². The molecule has 2 aromatic carbocycles. The lowest BCUT2D eigenvalue weighted by molar-refractivity contribution is 0.402. The van der Waals surface area contributed by atoms with E-state index in [9.17, 15) is 0 Å². The summed E-state index contributed by atoms with van der Waals surface area (Å²) in [6, 6.07) is 16.9. The zero-order chi connectivity index (χ0) is 15.6. The molecule has 2 aromatic rings. The number of hydrogen-bond donors (Lipinski definition) is 0. The van der Waals surface area contributed by atoms with Gasteiger partial charge >= 0.3 is 0 Å². The van der Waals surface area contributed by atoms with Gasteiger partial charge in [-0.1, -0.05) is 80.6 Å². The van der Waals surface area contributed by atoms with Gasteiger partial charge in [-0.3, -0.25) is 0 Å². The predicted molar refractivity (Wildman–Crippen MR) is 93.3 cm³/mol. The topological polar surface area (TPSA) is 9.23 Å². The molecule has 0 amide bonds. The first-order valence-electron chi connectivity index (χ1n) is 7.74. The molecular formula is C21H22O. The molecule has 112 valence electrons. The molecule has 0 aliphatic heterocycles. The third kappa shape index (κ3) is 2.48. The lowest BCUT2D eigenvalue weighted by Crippen LogP contribution is -2.20. The highest BCUT2D eigenvalue weighted by Crippen LogP contribution is 2.43. The maximum atomic E-state index is 5.83. The van der Waals surface area contributed by atoms with E-state index in [4.69, 9.17) is 4.74 Å². The van der Waals surface area contributed by atoms with Crippen LogP contribution in [0, 0.1) is 0 Å². The van der Waals surface area contributed by atoms with Crippen molar-refractivity contribution in [2.45, 2.75) is 25.7 Å². The van der Waals surface area contributed by atoms with Crippen LogP contribution in [-0.2, 0) is 5.41 Å². The van der Waals surface area contributed by atoms with Crippen LogP contribution < -0.4 is 4.74 Å². The third-order valence-electron chi connectivity index (χ3n) is 4.47. The molecule has 0 aromatic heterocycles. The Morgan fingerprint density at radius 2 is 1.73 bits per heavy atom. The zero-order valence-corrected chi connectivity index (χ0v) is 13.5. The van der Waals surface area contributed by atoms with Crippen LogP contribution in [-0.4, -0.2) is 7.11 Å². The van der Waals surface area contributed by atoms with Gasteiger partial charge in [-0.05, 0) is 17.6 Å². The van der Waals surface area contributed by atoms with Crippen molar-refractivity contribution in [2.24, 2.45) is 0 Å². The maximum Gasteiger partial charge on any atom is 0.130 e. The average Bonchev–Trinajstić information content (AvgIpc) is 3.10. The second-order valence-electron chi connectivity index (χ2n) is 6.17. The molecule has 0 saturated carbocycles. The van der Waals surface area contributed by atoms with Crippen molar-refractivity contribution >= 4 is 0 Å². The fraction of sp³-hybridized carbons (Fsp3) is 0.238. The van der Waals surface area contributed by atoms with Gasteiger partial charge in [-0.2, -0.15) is 0 Å². The number of methoxy groups -OCH3 is 1. The van der Waals surface area contributed by atoms with E-state index in [-0.39, 0.29) is 5.41 Å². The van der Waals surface area contributed by atoms with Gasteiger partial charge in [0.25, 0.3) is 0 Å². The Morgan fingerprint density at radius 1 is 0.955 bits per heavy atom. The highest BCUT2D eigenvalue weighted by Gasteiger charge is 2.29. The summed E-state index contributed by atoms with van der Waals surface area (Å²) < 4.78 is 5.83. The monoisotopic (exact) mass is 290 g/mol. The standard InChI is InChI=1S/C21H22O/c1-21(2,17-12-7-8-13-17)19-15-9-14-18(20(19)22-3)16-10-5-4-6-11-16/h4-7,9-15H,8H2,1-3H3. The lowest BCUT2D eigenvalue weighted by atomic mass is 9.76. The molecule has 1 aliphatic carbocycles. The van der Waals surface area contributed by atoms with Crippen molar-refractivity contribution < 1.29 is 4.74 Å². The largest absolute Gasteiger partial charge is 0.496 e. The molecule has 0 atom stereocenters. The van der Waals surface area contributed by atoms with Gasteiger partial charge in [-0.25, -0.2) is 0 Å². The SMILES string of the molecule is COc1c(-c2ccccc2)cccc1C(C)(C)C1=CCC=C1. The summed E-state index contributed by atoms with van der Waals surface area (Å²) in [5, 5.41) is 0. The quantitative estimate of drug-likeness (QED) is 0.719. The van der Waals surface area contributed by atoms with E-state index < -0.39 is 0 Å². The Hall–Kier alpha value is -2.28. The van der Waals surface area contributed by atoms with Gasteiger partial charge in [0.1, 0.15) is 5.75 Å². The first-order chi connectivity index (χ1) is 10.6. The summed E-state index contributed by atoms with van der Waals surface area (Å²) in [7, 11) is 1.76. The van der Waals surface area contributed by atoms with E-state index in [1.165, 1.54) is 16.7 Å². The van der Waals surface area contributed by atoms with Crippen LogP contribution in [0.1, 0.15) is 25.8 Å². The van der Waals surface area contributed by atoms with E-state index in [0.29, 0.717) is 0 Å². The van der Waals surface area contributed by atoms with Crippen LogP contribution in [0.15, 0.2) is 72.3 Å². The normalized spacial score (nSPS) is 14.0. The number of allylic oxidation sites excluding steroid dienone is 4. The maximum absolute atomic E-state index is 5.83. The number of para-hydroxylation sites is 1. The minimum Gasteiger partial charge on any atom is -0.496 e. The fourth-order valence-corrected chi connectivity index (χ4v) is 3.17. The number of rotatable bonds is 4. The van der Waals surface area contributed by atoms with Crippen molar-refractivity contribution in [1.29, 1.82) is 0 Å². The van der Waals surface area contributed by atoms with Gasteiger partial charge in [-0.15, -0.1) is 0 Å². The minimum atomic E-state index is -0.0663. The fourth-order valence-electron chi connectivity index (χ4n) is 3.17. The van der Waals surface area contributed by atoms with Crippen molar-refractivity contribution in [3.8, 4) is 16.9 Å². The van der Waals surface area contributed by atoms with Gasteiger partial charge in [0, 0.05) is 16.5 Å². The van der Waals surface area contributed by atoms with Gasteiger partial charge in [0.15, 0.2) is 0 Å². The Labute approximate surface area is 133 Å². The Morgan fingerprint density at radius 3 is 2.36 bits per heavy atom. The van der Waals surface area contributed by atoms with E-state index in [2.05, 4.69) is 74.5 Å². The molecule has 0 bridgehead atoms. The van der Waals surface area contributed by atoms with Gasteiger partial charge < -0.3 is 4.74 Å². The Balaban J connectivity index is 2.15. The van der Waals surface area contributed by atoms with Crippen molar-refractivity contribution in [1.82, 2.24) is 0 Å².